The van der Waals surface area contributed by atoms with Crippen molar-refractivity contribution >= 4 is 12.1 Å². The van der Waals surface area contributed by atoms with Gasteiger partial charge in [0.2, 0.25) is 0 Å². The van der Waals surface area contributed by atoms with E-state index in [2.05, 4.69) is 10.6 Å². The Labute approximate surface area is 156 Å². The van der Waals surface area contributed by atoms with Gasteiger partial charge in [-0.2, -0.15) is 0 Å². The summed E-state index contributed by atoms with van der Waals surface area (Å²) in [6.07, 6.45) is 9.00. The molecule has 0 spiro atoms. The van der Waals surface area contributed by atoms with E-state index in [-0.39, 0.29) is 18.1 Å². The molecule has 1 saturated carbocycles. The fraction of sp³-hybridized carbons (Fsp3) is 0.700. The lowest BCUT2D eigenvalue weighted by atomic mass is 9.75. The topological polar surface area (TPSA) is 87.7 Å². The van der Waals surface area contributed by atoms with Gasteiger partial charge in [-0.15, -0.1) is 0 Å². The highest BCUT2D eigenvalue weighted by atomic mass is 16.6. The van der Waals surface area contributed by atoms with Crippen molar-refractivity contribution in [3.63, 3.8) is 0 Å². The van der Waals surface area contributed by atoms with E-state index < -0.39 is 17.0 Å². The van der Waals surface area contributed by atoms with Gasteiger partial charge in [0.1, 0.15) is 5.60 Å². The van der Waals surface area contributed by atoms with Gasteiger partial charge in [-0.05, 0) is 65.4 Å². The molecule has 0 saturated heterocycles. The molecule has 0 aromatic rings. The molecule has 2 unspecified atom stereocenters. The van der Waals surface area contributed by atoms with Crippen LogP contribution >= 0.6 is 0 Å². The first-order chi connectivity index (χ1) is 12.0. The third kappa shape index (κ3) is 5.26. The van der Waals surface area contributed by atoms with Crippen molar-refractivity contribution in [2.24, 2.45) is 11.3 Å². The fourth-order valence-corrected chi connectivity index (χ4v) is 3.37. The number of carbonyl (C=O) groups is 2. The van der Waals surface area contributed by atoms with Crippen LogP contribution in [0.15, 0.2) is 23.9 Å². The quantitative estimate of drug-likeness (QED) is 0.709. The maximum atomic E-state index is 11.9. The van der Waals surface area contributed by atoms with Crippen LogP contribution in [0.2, 0.25) is 0 Å². The Kier molecular flexibility index (Phi) is 6.04. The monoisotopic (exact) mass is 364 g/mol. The molecule has 0 bridgehead atoms. The molecule has 0 aromatic heterocycles. The van der Waals surface area contributed by atoms with Gasteiger partial charge in [0, 0.05) is 17.8 Å². The van der Waals surface area contributed by atoms with Crippen molar-refractivity contribution in [3.05, 3.63) is 23.9 Å². The van der Waals surface area contributed by atoms with Gasteiger partial charge < -0.3 is 20.5 Å². The summed E-state index contributed by atoms with van der Waals surface area (Å²) in [5.41, 5.74) is -0.344. The number of aliphatic carboxylic acids is 1. The van der Waals surface area contributed by atoms with Gasteiger partial charge >= 0.3 is 12.1 Å². The third-order valence-corrected chi connectivity index (χ3v) is 5.26. The van der Waals surface area contributed by atoms with Gasteiger partial charge in [-0.1, -0.05) is 19.1 Å². The zero-order chi connectivity index (χ0) is 19.5. The highest BCUT2D eigenvalue weighted by Crippen LogP contribution is 2.35. The van der Waals surface area contributed by atoms with Crippen LogP contribution in [0.25, 0.3) is 0 Å². The van der Waals surface area contributed by atoms with E-state index in [4.69, 9.17) is 4.74 Å². The van der Waals surface area contributed by atoms with Gasteiger partial charge in [-0.3, -0.25) is 4.79 Å². The molecule has 1 fully saturated rings. The highest BCUT2D eigenvalue weighted by molar-refractivity contribution is 5.78. The van der Waals surface area contributed by atoms with Crippen molar-refractivity contribution in [3.8, 4) is 0 Å². The molecule has 2 aliphatic rings. The minimum Gasteiger partial charge on any atom is -0.481 e. The minimum atomic E-state index is -0.847. The van der Waals surface area contributed by atoms with E-state index in [1.807, 2.05) is 39.8 Å². The van der Waals surface area contributed by atoms with Crippen molar-refractivity contribution in [1.29, 1.82) is 0 Å². The van der Waals surface area contributed by atoms with Gasteiger partial charge in [0.05, 0.1) is 5.41 Å². The standard InChI is InChI=1S/C20H32N2O4/c1-13-12-16(10-11-20(13,5)17(23)24)21-14-6-8-15(9-7-14)22-18(25)26-19(2,3)4/h10-15,21H,6-9H2,1-5H3,(H,22,25)(H,23,24). The van der Waals surface area contributed by atoms with E-state index >= 15 is 0 Å². The molecule has 1 amide bonds. The van der Waals surface area contributed by atoms with Gasteiger partial charge in [0.25, 0.3) is 0 Å². The molecule has 3 N–H and O–H groups in total. The van der Waals surface area contributed by atoms with Crippen molar-refractivity contribution in [1.82, 2.24) is 10.6 Å². The number of hydrogen-bond acceptors (Lipinski definition) is 4. The Morgan fingerprint density at radius 2 is 1.77 bits per heavy atom. The van der Waals surface area contributed by atoms with Crippen LogP contribution in [0.3, 0.4) is 0 Å². The summed E-state index contributed by atoms with van der Waals surface area (Å²) in [5, 5.41) is 15.9. The van der Waals surface area contributed by atoms with Crippen LogP contribution in [-0.2, 0) is 9.53 Å². The lowest BCUT2D eigenvalue weighted by Crippen LogP contribution is -2.44. The van der Waals surface area contributed by atoms with Gasteiger partial charge in [0.15, 0.2) is 0 Å². The molecule has 0 heterocycles. The van der Waals surface area contributed by atoms with E-state index in [0.717, 1.165) is 31.4 Å². The summed E-state index contributed by atoms with van der Waals surface area (Å²) in [4.78, 5) is 23.3. The first-order valence-electron chi connectivity index (χ1n) is 9.40. The molecule has 2 atom stereocenters. The Hall–Kier alpha value is -1.98. The summed E-state index contributed by atoms with van der Waals surface area (Å²) in [5.74, 6) is -0.872. The van der Waals surface area contributed by atoms with Crippen LogP contribution < -0.4 is 10.6 Å². The van der Waals surface area contributed by atoms with Crippen LogP contribution in [0.4, 0.5) is 4.79 Å². The van der Waals surface area contributed by atoms with Crippen LogP contribution in [0.1, 0.15) is 60.3 Å². The largest absolute Gasteiger partial charge is 0.481 e. The fourth-order valence-electron chi connectivity index (χ4n) is 3.37. The number of carbonyl (C=O) groups excluding carboxylic acids is 1. The molecular weight excluding hydrogens is 332 g/mol. The number of allylic oxidation sites excluding steroid dienone is 2. The second-order valence-electron chi connectivity index (χ2n) is 8.67. The predicted octanol–water partition coefficient (Wildman–Crippen LogP) is 3.59. The van der Waals surface area contributed by atoms with Gasteiger partial charge in [-0.25, -0.2) is 4.79 Å². The number of rotatable bonds is 4. The Morgan fingerprint density at radius 3 is 2.27 bits per heavy atom. The maximum absolute atomic E-state index is 11.9. The average molecular weight is 364 g/mol. The van der Waals surface area contributed by atoms with Crippen molar-refractivity contribution in [2.45, 2.75) is 78.0 Å². The zero-order valence-corrected chi connectivity index (χ0v) is 16.5. The number of hydrogen-bond donors (Lipinski definition) is 3. The summed E-state index contributed by atoms with van der Waals surface area (Å²) >= 11 is 0. The molecule has 0 aromatic carbocycles. The number of alkyl carbamates (subject to hydrolysis) is 1. The first-order valence-corrected chi connectivity index (χ1v) is 9.40. The lowest BCUT2D eigenvalue weighted by Gasteiger charge is -2.34. The van der Waals surface area contributed by atoms with E-state index in [0.29, 0.717) is 6.04 Å². The Bertz CT molecular complexity index is 597. The minimum absolute atomic E-state index is 0.0716. The molecule has 26 heavy (non-hydrogen) atoms. The smallest absolute Gasteiger partial charge is 0.407 e. The summed E-state index contributed by atoms with van der Waals surface area (Å²) < 4.78 is 5.31. The molecule has 0 radical (unpaired) electrons. The second-order valence-corrected chi connectivity index (χ2v) is 8.67. The molecule has 6 nitrogen and oxygen atoms in total. The predicted molar refractivity (Wildman–Crippen MR) is 101 cm³/mol. The second kappa shape index (κ2) is 7.72. The number of amides is 1. The van der Waals surface area contributed by atoms with E-state index in [1.54, 1.807) is 13.0 Å². The van der Waals surface area contributed by atoms with Crippen molar-refractivity contribution in [2.75, 3.05) is 0 Å². The lowest BCUT2D eigenvalue weighted by molar-refractivity contribution is -0.146. The van der Waals surface area contributed by atoms with Crippen LogP contribution in [0.5, 0.6) is 0 Å². The molecule has 0 aliphatic heterocycles. The number of carboxylic acid groups (broad SMARTS) is 1. The van der Waals surface area contributed by atoms with Crippen molar-refractivity contribution < 1.29 is 19.4 Å². The zero-order valence-electron chi connectivity index (χ0n) is 16.5. The van der Waals surface area contributed by atoms with E-state index in [1.165, 1.54) is 0 Å². The van der Waals surface area contributed by atoms with Crippen LogP contribution in [0, 0.1) is 11.3 Å². The average Bonchev–Trinajstić information content (AvgIpc) is 2.51. The number of nitrogens with one attached hydrogen (secondary N) is 2. The molecule has 6 heteroatoms. The molecule has 146 valence electrons. The third-order valence-electron chi connectivity index (χ3n) is 5.26. The Balaban J connectivity index is 1.80. The SMILES string of the molecule is CC1C=C(NC2CCC(NC(=O)OC(C)(C)C)CC2)C=CC1(C)C(=O)O. The Morgan fingerprint density at radius 1 is 1.19 bits per heavy atom. The van der Waals surface area contributed by atoms with E-state index in [9.17, 15) is 14.7 Å². The maximum Gasteiger partial charge on any atom is 0.407 e. The molecule has 2 rings (SSSR count). The summed E-state index contributed by atoms with van der Waals surface area (Å²) in [7, 11) is 0. The normalized spacial score (nSPS) is 31.7. The molecule has 2 aliphatic carbocycles. The number of carboxylic acids is 1. The summed E-state index contributed by atoms with van der Waals surface area (Å²) in [6, 6.07) is 0.483. The summed E-state index contributed by atoms with van der Waals surface area (Å²) in [6.45, 7) is 9.25. The first kappa shape index (κ1) is 20.3. The number of ether oxygens (including phenoxy) is 1. The van der Waals surface area contributed by atoms with Crippen LogP contribution in [-0.4, -0.2) is 34.9 Å². The highest BCUT2D eigenvalue weighted by Gasteiger charge is 2.37. The molecular formula is C20H32N2O4.